The monoisotopic (exact) mass is 245 g/mol. The first-order valence-electron chi connectivity index (χ1n) is 6.26. The molecule has 0 saturated heterocycles. The van der Waals surface area contributed by atoms with Crippen LogP contribution in [0.4, 0.5) is 0 Å². The van der Waals surface area contributed by atoms with Crippen molar-refractivity contribution < 1.29 is 0 Å². The molecule has 0 heterocycles. The minimum Gasteiger partial charge on any atom is -0.192 e. The fourth-order valence-electron chi connectivity index (χ4n) is 2.57. The summed E-state index contributed by atoms with van der Waals surface area (Å²) in [6.07, 6.45) is 5.20. The Labute approximate surface area is 108 Å². The van der Waals surface area contributed by atoms with Crippen LogP contribution in [0.5, 0.6) is 0 Å². The zero-order chi connectivity index (χ0) is 12.3. The van der Waals surface area contributed by atoms with Crippen LogP contribution in [0.3, 0.4) is 0 Å². The van der Waals surface area contributed by atoms with E-state index in [0.717, 1.165) is 10.5 Å². The fraction of sp³-hybridized carbons (Fsp3) is 0.533. The van der Waals surface area contributed by atoms with Gasteiger partial charge in [-0.05, 0) is 36.8 Å². The number of nitriles is 1. The largest absolute Gasteiger partial charge is 0.192 e. The summed E-state index contributed by atoms with van der Waals surface area (Å²) in [6, 6.07) is 10.2. The molecule has 1 aromatic rings. The van der Waals surface area contributed by atoms with E-state index in [9.17, 15) is 0 Å². The lowest BCUT2D eigenvalue weighted by Crippen LogP contribution is -2.24. The van der Waals surface area contributed by atoms with Gasteiger partial charge in [0, 0.05) is 10.1 Å². The van der Waals surface area contributed by atoms with Crippen LogP contribution in [0.25, 0.3) is 0 Å². The second-order valence-electron chi connectivity index (χ2n) is 5.61. The molecule has 0 aliphatic heterocycles. The highest BCUT2D eigenvalue weighted by Gasteiger charge is 2.28. The SMILES string of the molecule is CC1(C)CCCC(Sc2ccccc2C#N)C1. The number of rotatable bonds is 2. The highest BCUT2D eigenvalue weighted by Crippen LogP contribution is 2.42. The van der Waals surface area contributed by atoms with E-state index in [2.05, 4.69) is 26.0 Å². The van der Waals surface area contributed by atoms with Gasteiger partial charge in [0.15, 0.2) is 0 Å². The van der Waals surface area contributed by atoms with Gasteiger partial charge in [-0.25, -0.2) is 0 Å². The summed E-state index contributed by atoms with van der Waals surface area (Å²) in [5.74, 6) is 0. The second kappa shape index (κ2) is 5.14. The number of nitrogens with zero attached hydrogens (tertiary/aromatic N) is 1. The van der Waals surface area contributed by atoms with Gasteiger partial charge in [-0.3, -0.25) is 0 Å². The average molecular weight is 245 g/mol. The molecule has 0 aromatic heterocycles. The van der Waals surface area contributed by atoms with Gasteiger partial charge in [-0.1, -0.05) is 32.4 Å². The predicted octanol–water partition coefficient (Wildman–Crippen LogP) is 4.62. The molecular formula is C15H19NS. The zero-order valence-electron chi connectivity index (χ0n) is 10.6. The third kappa shape index (κ3) is 3.26. The zero-order valence-corrected chi connectivity index (χ0v) is 11.4. The Morgan fingerprint density at radius 3 is 2.82 bits per heavy atom. The van der Waals surface area contributed by atoms with Crippen molar-refractivity contribution in [2.75, 3.05) is 0 Å². The molecule has 0 amide bonds. The minimum atomic E-state index is 0.470. The normalized spacial score (nSPS) is 23.0. The highest BCUT2D eigenvalue weighted by atomic mass is 32.2. The molecule has 17 heavy (non-hydrogen) atoms. The number of thioether (sulfide) groups is 1. The summed E-state index contributed by atoms with van der Waals surface area (Å²) in [4.78, 5) is 1.15. The highest BCUT2D eigenvalue weighted by molar-refractivity contribution is 8.00. The van der Waals surface area contributed by atoms with Gasteiger partial charge in [-0.2, -0.15) is 5.26 Å². The number of hydrogen-bond donors (Lipinski definition) is 0. The van der Waals surface area contributed by atoms with Gasteiger partial charge in [0.1, 0.15) is 6.07 Å². The average Bonchev–Trinajstić information content (AvgIpc) is 2.28. The van der Waals surface area contributed by atoms with Gasteiger partial charge >= 0.3 is 0 Å². The molecule has 1 aromatic carbocycles. The van der Waals surface area contributed by atoms with Crippen LogP contribution in [-0.4, -0.2) is 5.25 Å². The maximum atomic E-state index is 9.09. The van der Waals surface area contributed by atoms with Gasteiger partial charge in [-0.15, -0.1) is 11.8 Å². The summed E-state index contributed by atoms with van der Waals surface area (Å²) in [5, 5.41) is 9.76. The second-order valence-corrected chi connectivity index (χ2v) is 6.95. The quantitative estimate of drug-likeness (QED) is 0.759. The van der Waals surface area contributed by atoms with E-state index < -0.39 is 0 Å². The van der Waals surface area contributed by atoms with Crippen molar-refractivity contribution in [2.24, 2.45) is 5.41 Å². The van der Waals surface area contributed by atoms with Crippen LogP contribution in [0, 0.1) is 16.7 Å². The number of hydrogen-bond acceptors (Lipinski definition) is 2. The van der Waals surface area contributed by atoms with Crippen LogP contribution in [0.2, 0.25) is 0 Å². The lowest BCUT2D eigenvalue weighted by molar-refractivity contribution is 0.251. The van der Waals surface area contributed by atoms with Crippen molar-refractivity contribution >= 4 is 11.8 Å². The smallest absolute Gasteiger partial charge is 0.100 e. The molecule has 90 valence electrons. The van der Waals surface area contributed by atoms with Crippen LogP contribution >= 0.6 is 11.8 Å². The van der Waals surface area contributed by atoms with Crippen molar-refractivity contribution in [1.29, 1.82) is 5.26 Å². The Hall–Kier alpha value is -0.940. The molecule has 1 saturated carbocycles. The summed E-state index contributed by atoms with van der Waals surface area (Å²) < 4.78 is 0. The molecule has 1 atom stereocenters. The molecule has 1 fully saturated rings. The van der Waals surface area contributed by atoms with E-state index in [-0.39, 0.29) is 0 Å². The predicted molar refractivity (Wildman–Crippen MR) is 73.1 cm³/mol. The van der Waals surface area contributed by atoms with Gasteiger partial charge < -0.3 is 0 Å². The topological polar surface area (TPSA) is 23.8 Å². The number of benzene rings is 1. The first kappa shape index (κ1) is 12.5. The van der Waals surface area contributed by atoms with Crippen molar-refractivity contribution in [3.05, 3.63) is 29.8 Å². The first-order chi connectivity index (χ1) is 8.11. The molecule has 2 rings (SSSR count). The summed E-state index contributed by atoms with van der Waals surface area (Å²) >= 11 is 1.90. The van der Waals surface area contributed by atoms with Crippen LogP contribution in [-0.2, 0) is 0 Å². The lowest BCUT2D eigenvalue weighted by atomic mass is 9.77. The maximum absolute atomic E-state index is 9.09. The Kier molecular flexibility index (Phi) is 3.79. The van der Waals surface area contributed by atoms with E-state index in [1.807, 2.05) is 30.0 Å². The van der Waals surface area contributed by atoms with Crippen LogP contribution in [0.15, 0.2) is 29.2 Å². The molecule has 2 heteroatoms. The molecule has 1 nitrogen and oxygen atoms in total. The van der Waals surface area contributed by atoms with Crippen molar-refractivity contribution in [3.63, 3.8) is 0 Å². The van der Waals surface area contributed by atoms with Gasteiger partial charge in [0.05, 0.1) is 5.56 Å². The Morgan fingerprint density at radius 2 is 2.12 bits per heavy atom. The minimum absolute atomic E-state index is 0.470. The van der Waals surface area contributed by atoms with Crippen molar-refractivity contribution in [1.82, 2.24) is 0 Å². The van der Waals surface area contributed by atoms with Gasteiger partial charge in [0.25, 0.3) is 0 Å². The third-order valence-electron chi connectivity index (χ3n) is 3.46. The third-order valence-corrected chi connectivity index (χ3v) is 4.81. The molecule has 1 unspecified atom stereocenters. The Balaban J connectivity index is 2.08. The van der Waals surface area contributed by atoms with Crippen molar-refractivity contribution in [2.45, 2.75) is 49.7 Å². The van der Waals surface area contributed by atoms with E-state index in [1.54, 1.807) is 0 Å². The lowest BCUT2D eigenvalue weighted by Gasteiger charge is -2.34. The van der Waals surface area contributed by atoms with E-state index in [4.69, 9.17) is 5.26 Å². The Morgan fingerprint density at radius 1 is 1.35 bits per heavy atom. The van der Waals surface area contributed by atoms with Crippen molar-refractivity contribution in [3.8, 4) is 6.07 Å². The fourth-order valence-corrected chi connectivity index (χ4v) is 4.15. The summed E-state index contributed by atoms with van der Waals surface area (Å²) in [5.41, 5.74) is 1.29. The first-order valence-corrected chi connectivity index (χ1v) is 7.14. The summed E-state index contributed by atoms with van der Waals surface area (Å²) in [7, 11) is 0. The summed E-state index contributed by atoms with van der Waals surface area (Å²) in [6.45, 7) is 4.71. The van der Waals surface area contributed by atoms with E-state index in [0.29, 0.717) is 10.7 Å². The van der Waals surface area contributed by atoms with Crippen LogP contribution in [0.1, 0.15) is 45.1 Å². The molecule has 1 aliphatic carbocycles. The molecule has 0 N–H and O–H groups in total. The Bertz CT molecular complexity index is 431. The van der Waals surface area contributed by atoms with Crippen LogP contribution < -0.4 is 0 Å². The van der Waals surface area contributed by atoms with E-state index >= 15 is 0 Å². The van der Waals surface area contributed by atoms with Gasteiger partial charge in [0.2, 0.25) is 0 Å². The maximum Gasteiger partial charge on any atom is 0.100 e. The molecular weight excluding hydrogens is 226 g/mol. The molecule has 0 spiro atoms. The molecule has 0 bridgehead atoms. The standard InChI is InChI=1S/C15H19NS/c1-15(2)9-5-7-13(10-15)17-14-8-4-3-6-12(14)11-16/h3-4,6,8,13H,5,7,9-10H2,1-2H3. The van der Waals surface area contributed by atoms with E-state index in [1.165, 1.54) is 25.7 Å². The molecule has 0 radical (unpaired) electrons. The molecule has 1 aliphatic rings.